The van der Waals surface area contributed by atoms with Crippen LogP contribution in [0.25, 0.3) is 0 Å². The number of rotatable bonds is 7. The number of nitrogens with one attached hydrogen (secondary N) is 1. The highest BCUT2D eigenvalue weighted by Crippen LogP contribution is 2.29. The number of carboxylic acids is 1. The van der Waals surface area contributed by atoms with Gasteiger partial charge in [0.15, 0.2) is 0 Å². The van der Waals surface area contributed by atoms with Gasteiger partial charge in [-0.15, -0.1) is 6.42 Å². The summed E-state index contributed by atoms with van der Waals surface area (Å²) in [6.45, 7) is 0.899. The minimum absolute atomic E-state index is 0.00187. The topological polar surface area (TPSA) is 123 Å². The van der Waals surface area contributed by atoms with E-state index in [1.54, 1.807) is 0 Å². The van der Waals surface area contributed by atoms with Crippen LogP contribution in [0.4, 0.5) is 4.79 Å². The van der Waals surface area contributed by atoms with E-state index in [4.69, 9.17) is 11.2 Å². The van der Waals surface area contributed by atoms with Crippen molar-refractivity contribution in [2.24, 2.45) is 0 Å². The van der Waals surface area contributed by atoms with Gasteiger partial charge in [0.1, 0.15) is 12.2 Å². The molecule has 3 aliphatic heterocycles. The van der Waals surface area contributed by atoms with E-state index in [0.29, 0.717) is 6.61 Å². The second-order valence-corrected chi connectivity index (χ2v) is 8.79. The van der Waals surface area contributed by atoms with Gasteiger partial charge in [-0.2, -0.15) is 5.01 Å². The molecule has 1 unspecified atom stereocenters. The number of hydrazine groups is 1. The van der Waals surface area contributed by atoms with Crippen molar-refractivity contribution in [3.8, 4) is 12.3 Å². The molecule has 1 aromatic rings. The Kier molecular flexibility index (Phi) is 7.53. The molecule has 2 N–H and O–H groups in total. The van der Waals surface area contributed by atoms with Crippen molar-refractivity contribution in [2.45, 2.75) is 44.1 Å². The first-order valence-corrected chi connectivity index (χ1v) is 11.6. The van der Waals surface area contributed by atoms with E-state index in [1.165, 1.54) is 19.8 Å². The summed E-state index contributed by atoms with van der Waals surface area (Å²) >= 11 is 0. The first kappa shape index (κ1) is 24.5. The minimum Gasteiger partial charge on any atom is -0.481 e. The van der Waals surface area contributed by atoms with Gasteiger partial charge in [0.2, 0.25) is 11.8 Å². The van der Waals surface area contributed by atoms with Crippen LogP contribution in [-0.2, 0) is 25.7 Å². The fourth-order valence-corrected chi connectivity index (χ4v) is 4.86. The van der Waals surface area contributed by atoms with Gasteiger partial charge in [0.25, 0.3) is 0 Å². The number of urea groups is 1. The molecule has 3 aliphatic rings. The monoisotopic (exact) mass is 483 g/mol. The van der Waals surface area contributed by atoms with Crippen molar-refractivity contribution >= 4 is 23.8 Å². The second-order valence-electron chi connectivity index (χ2n) is 8.79. The Balaban J connectivity index is 1.62. The first-order valence-electron chi connectivity index (χ1n) is 11.6. The molecule has 0 aliphatic carbocycles. The Morgan fingerprint density at radius 3 is 2.66 bits per heavy atom. The SMILES string of the molecule is C#CCN1CC(=O)N2[C@@H](CC(=O)O)C(=O)N(CC3CCCO3)C[C@@H]2N1C(=O)NCc1ccccc1. The van der Waals surface area contributed by atoms with E-state index >= 15 is 0 Å². The number of hydrogen-bond acceptors (Lipinski definition) is 6. The van der Waals surface area contributed by atoms with Crippen molar-refractivity contribution < 1.29 is 29.0 Å². The maximum Gasteiger partial charge on any atom is 0.334 e. The molecular formula is C24H29N5O6. The number of aliphatic carboxylic acids is 1. The number of ether oxygens (including phenoxy) is 1. The average molecular weight is 484 g/mol. The largest absolute Gasteiger partial charge is 0.481 e. The number of carboxylic acid groups (broad SMARTS) is 1. The van der Waals surface area contributed by atoms with Gasteiger partial charge in [-0.25, -0.2) is 9.80 Å². The number of terminal acetylenes is 1. The molecule has 11 heteroatoms. The Hall–Kier alpha value is -3.62. The third-order valence-electron chi connectivity index (χ3n) is 6.41. The van der Waals surface area contributed by atoms with Crippen LogP contribution in [-0.4, -0.2) is 99.8 Å². The normalized spacial score (nSPS) is 24.8. The Morgan fingerprint density at radius 2 is 2.00 bits per heavy atom. The molecule has 3 atom stereocenters. The zero-order chi connectivity index (χ0) is 24.9. The van der Waals surface area contributed by atoms with Gasteiger partial charge in [0.05, 0.1) is 32.2 Å². The van der Waals surface area contributed by atoms with Gasteiger partial charge < -0.3 is 25.0 Å². The van der Waals surface area contributed by atoms with Crippen LogP contribution in [0, 0.1) is 12.3 Å². The number of carbonyl (C=O) groups is 4. The molecule has 0 radical (unpaired) electrons. The molecule has 4 rings (SSSR count). The molecule has 0 saturated carbocycles. The number of hydrogen-bond donors (Lipinski definition) is 2. The molecule has 4 amide bonds. The molecule has 11 nitrogen and oxygen atoms in total. The summed E-state index contributed by atoms with van der Waals surface area (Å²) in [6, 6.07) is 7.62. The van der Waals surface area contributed by atoms with Crippen molar-refractivity contribution in [1.82, 2.24) is 25.1 Å². The molecule has 3 fully saturated rings. The highest BCUT2D eigenvalue weighted by Gasteiger charge is 2.52. The molecule has 186 valence electrons. The molecule has 3 heterocycles. The van der Waals surface area contributed by atoms with E-state index in [1.807, 2.05) is 30.3 Å². The molecule has 3 saturated heterocycles. The number of benzene rings is 1. The number of fused-ring (bicyclic) bond motifs is 1. The summed E-state index contributed by atoms with van der Waals surface area (Å²) < 4.78 is 5.68. The Bertz CT molecular complexity index is 1010. The van der Waals surface area contributed by atoms with Crippen LogP contribution in [0.2, 0.25) is 0 Å². The lowest BCUT2D eigenvalue weighted by Gasteiger charge is -2.54. The van der Waals surface area contributed by atoms with Gasteiger partial charge >= 0.3 is 12.0 Å². The third kappa shape index (κ3) is 5.39. The quantitative estimate of drug-likeness (QED) is 0.527. The highest BCUT2D eigenvalue weighted by molar-refractivity contribution is 5.93. The molecular weight excluding hydrogens is 454 g/mol. The van der Waals surface area contributed by atoms with Gasteiger partial charge in [-0.05, 0) is 18.4 Å². The van der Waals surface area contributed by atoms with E-state index in [0.717, 1.165) is 18.4 Å². The van der Waals surface area contributed by atoms with Crippen LogP contribution in [0.1, 0.15) is 24.8 Å². The maximum atomic E-state index is 13.4. The van der Waals surface area contributed by atoms with Crippen molar-refractivity contribution in [1.29, 1.82) is 0 Å². The standard InChI is InChI=1S/C24H29N5O6/c1-2-10-27-16-21(30)28-19(12-22(31)32)23(33)26(14-18-9-6-11-35-18)15-20(28)29(27)24(34)25-13-17-7-4-3-5-8-17/h1,3-5,7-8,18-20H,6,9-16H2,(H,25,34)(H,31,32)/t18?,19-,20-/m0/s1. The van der Waals surface area contributed by atoms with Crippen LogP contribution in [0.5, 0.6) is 0 Å². The fourth-order valence-electron chi connectivity index (χ4n) is 4.86. The van der Waals surface area contributed by atoms with E-state index in [2.05, 4.69) is 11.2 Å². The van der Waals surface area contributed by atoms with E-state index in [9.17, 15) is 24.3 Å². The van der Waals surface area contributed by atoms with Crippen LogP contribution in [0.15, 0.2) is 30.3 Å². The van der Waals surface area contributed by atoms with Gasteiger partial charge in [0, 0.05) is 19.7 Å². The summed E-state index contributed by atoms with van der Waals surface area (Å²) in [4.78, 5) is 54.2. The maximum absolute atomic E-state index is 13.4. The highest BCUT2D eigenvalue weighted by atomic mass is 16.5. The number of nitrogens with zero attached hydrogens (tertiary/aromatic N) is 4. The predicted octanol–water partition coefficient (Wildman–Crippen LogP) is 0.0812. The number of piperazine rings is 1. The minimum atomic E-state index is -1.22. The third-order valence-corrected chi connectivity index (χ3v) is 6.41. The van der Waals surface area contributed by atoms with E-state index in [-0.39, 0.29) is 38.8 Å². The lowest BCUT2D eigenvalue weighted by Crippen LogP contribution is -2.76. The summed E-state index contributed by atoms with van der Waals surface area (Å²) in [5.74, 6) is 0.359. The second kappa shape index (κ2) is 10.8. The van der Waals surface area contributed by atoms with Crippen molar-refractivity contribution in [3.63, 3.8) is 0 Å². The summed E-state index contributed by atoms with van der Waals surface area (Å²) in [7, 11) is 0. The summed E-state index contributed by atoms with van der Waals surface area (Å²) in [5.41, 5.74) is 0.886. The molecule has 1 aromatic carbocycles. The van der Waals surface area contributed by atoms with Crippen molar-refractivity contribution in [2.75, 3.05) is 32.8 Å². The number of carbonyl (C=O) groups excluding carboxylic acids is 3. The van der Waals surface area contributed by atoms with E-state index < -0.39 is 42.4 Å². The van der Waals surface area contributed by atoms with Crippen molar-refractivity contribution in [3.05, 3.63) is 35.9 Å². The smallest absolute Gasteiger partial charge is 0.334 e. The Labute approximate surface area is 203 Å². The molecule has 35 heavy (non-hydrogen) atoms. The van der Waals surface area contributed by atoms with Gasteiger partial charge in [-0.3, -0.25) is 14.4 Å². The lowest BCUT2D eigenvalue weighted by atomic mass is 10.0. The zero-order valence-corrected chi connectivity index (χ0v) is 19.3. The molecule has 0 bridgehead atoms. The Morgan fingerprint density at radius 1 is 1.23 bits per heavy atom. The lowest BCUT2D eigenvalue weighted by molar-refractivity contribution is -0.191. The fraction of sp³-hybridized carbons (Fsp3) is 0.500. The van der Waals surface area contributed by atoms with Gasteiger partial charge in [-0.1, -0.05) is 36.3 Å². The van der Waals surface area contributed by atoms with Crippen LogP contribution >= 0.6 is 0 Å². The van der Waals surface area contributed by atoms with Crippen LogP contribution in [0.3, 0.4) is 0 Å². The molecule has 0 spiro atoms. The molecule has 0 aromatic heterocycles. The summed E-state index contributed by atoms with van der Waals surface area (Å²) in [5, 5.41) is 15.2. The number of amides is 4. The summed E-state index contributed by atoms with van der Waals surface area (Å²) in [6.07, 6.45) is 5.55. The predicted molar refractivity (Wildman–Crippen MR) is 123 cm³/mol. The zero-order valence-electron chi connectivity index (χ0n) is 19.3. The van der Waals surface area contributed by atoms with Crippen LogP contribution < -0.4 is 5.32 Å². The first-order chi connectivity index (χ1) is 16.9. The average Bonchev–Trinajstić information content (AvgIpc) is 3.34.